The van der Waals surface area contributed by atoms with E-state index in [1.807, 2.05) is 6.26 Å². The van der Waals surface area contributed by atoms with Crippen molar-refractivity contribution in [2.75, 3.05) is 11.6 Å². The predicted octanol–water partition coefficient (Wildman–Crippen LogP) is 2.00. The van der Waals surface area contributed by atoms with E-state index in [-0.39, 0.29) is 17.6 Å². The first kappa shape index (κ1) is 13.6. The maximum absolute atomic E-state index is 11.7. The van der Waals surface area contributed by atoms with Crippen LogP contribution in [0.4, 0.5) is 5.69 Å². The molecule has 2 N–H and O–H groups in total. The summed E-state index contributed by atoms with van der Waals surface area (Å²) >= 11 is 1.44. The number of carbonyl (C=O) groups is 2. The molecule has 0 saturated heterocycles. The van der Waals surface area contributed by atoms with Crippen molar-refractivity contribution in [1.82, 2.24) is 0 Å². The second kappa shape index (κ2) is 6.30. The largest absolute Gasteiger partial charge is 0.481 e. The molecule has 0 heterocycles. The lowest BCUT2D eigenvalue weighted by atomic mass is 10.1. The van der Waals surface area contributed by atoms with Crippen LogP contribution in [-0.2, 0) is 16.0 Å². The summed E-state index contributed by atoms with van der Waals surface area (Å²) in [5, 5.41) is 11.3. The number of nitrogens with one attached hydrogen (secondary N) is 1. The molecule has 0 radical (unpaired) electrons. The van der Waals surface area contributed by atoms with Crippen LogP contribution in [0.1, 0.15) is 12.5 Å². The van der Waals surface area contributed by atoms with Gasteiger partial charge in [0.1, 0.15) is 0 Å². The number of carboxylic acid groups (broad SMARTS) is 1. The third-order valence-corrected chi connectivity index (χ3v) is 3.26. The van der Waals surface area contributed by atoms with E-state index in [1.165, 1.54) is 11.8 Å². The number of benzene rings is 1. The summed E-state index contributed by atoms with van der Waals surface area (Å²) in [6.45, 7) is 1.81. The van der Waals surface area contributed by atoms with E-state index in [4.69, 9.17) is 5.11 Å². The number of amides is 1. The minimum absolute atomic E-state index is 0.0932. The number of anilines is 1. The van der Waals surface area contributed by atoms with Crippen LogP contribution in [0, 0.1) is 0 Å². The van der Waals surface area contributed by atoms with Gasteiger partial charge in [-0.15, -0.1) is 0 Å². The summed E-state index contributed by atoms with van der Waals surface area (Å²) in [6.07, 6.45) is 1.76. The molecule has 0 aliphatic carbocycles. The van der Waals surface area contributed by atoms with Crippen molar-refractivity contribution >= 4 is 29.3 Å². The quantitative estimate of drug-likeness (QED) is 0.842. The van der Waals surface area contributed by atoms with Gasteiger partial charge in [-0.3, -0.25) is 9.59 Å². The zero-order valence-corrected chi connectivity index (χ0v) is 10.6. The van der Waals surface area contributed by atoms with Crippen molar-refractivity contribution in [2.45, 2.75) is 18.6 Å². The highest BCUT2D eigenvalue weighted by Crippen LogP contribution is 2.17. The second-order valence-corrected chi connectivity index (χ2v) is 4.77. The summed E-state index contributed by atoms with van der Waals surface area (Å²) in [4.78, 5) is 22.4. The van der Waals surface area contributed by atoms with E-state index in [1.54, 1.807) is 31.2 Å². The van der Waals surface area contributed by atoms with Crippen LogP contribution in [0.15, 0.2) is 24.3 Å². The minimum Gasteiger partial charge on any atom is -0.481 e. The van der Waals surface area contributed by atoms with Crippen molar-refractivity contribution in [1.29, 1.82) is 0 Å². The zero-order valence-electron chi connectivity index (χ0n) is 9.77. The van der Waals surface area contributed by atoms with Crippen molar-refractivity contribution in [3.8, 4) is 0 Å². The Morgan fingerprint density at radius 2 is 2.06 bits per heavy atom. The van der Waals surface area contributed by atoms with E-state index in [0.717, 1.165) is 0 Å². The van der Waals surface area contributed by atoms with Crippen molar-refractivity contribution < 1.29 is 14.7 Å². The second-order valence-electron chi connectivity index (χ2n) is 3.59. The highest BCUT2D eigenvalue weighted by Gasteiger charge is 2.13. The van der Waals surface area contributed by atoms with E-state index in [0.29, 0.717) is 11.3 Å². The lowest BCUT2D eigenvalue weighted by Crippen LogP contribution is -2.23. The molecule has 0 saturated carbocycles. The highest BCUT2D eigenvalue weighted by atomic mass is 32.2. The van der Waals surface area contributed by atoms with Crippen LogP contribution < -0.4 is 5.32 Å². The summed E-state index contributed by atoms with van der Waals surface area (Å²) in [6, 6.07) is 6.94. The third-order valence-electron chi connectivity index (χ3n) is 2.34. The third kappa shape index (κ3) is 4.11. The Hall–Kier alpha value is -1.49. The van der Waals surface area contributed by atoms with Gasteiger partial charge < -0.3 is 10.4 Å². The molecule has 0 bridgehead atoms. The molecule has 1 amide bonds. The molecule has 4 nitrogen and oxygen atoms in total. The van der Waals surface area contributed by atoms with Crippen molar-refractivity contribution in [3.05, 3.63) is 29.8 Å². The van der Waals surface area contributed by atoms with E-state index >= 15 is 0 Å². The molecule has 5 heteroatoms. The Kier molecular flexibility index (Phi) is 5.03. The van der Waals surface area contributed by atoms with Crippen LogP contribution in [0.5, 0.6) is 0 Å². The van der Waals surface area contributed by atoms with E-state index < -0.39 is 5.97 Å². The molecule has 92 valence electrons. The summed E-state index contributed by atoms with van der Waals surface area (Å²) in [5.74, 6) is -1.03. The first-order chi connectivity index (χ1) is 8.04. The topological polar surface area (TPSA) is 66.4 Å². The number of hydrogen-bond donors (Lipinski definition) is 2. The van der Waals surface area contributed by atoms with Gasteiger partial charge in [-0.2, -0.15) is 11.8 Å². The number of thioether (sulfide) groups is 1. The van der Waals surface area contributed by atoms with Gasteiger partial charge in [0, 0.05) is 5.69 Å². The first-order valence-electron chi connectivity index (χ1n) is 5.18. The van der Waals surface area contributed by atoms with Gasteiger partial charge in [-0.05, 0) is 24.8 Å². The number of para-hydroxylation sites is 1. The van der Waals surface area contributed by atoms with Gasteiger partial charge >= 0.3 is 5.97 Å². The minimum atomic E-state index is -0.912. The molecule has 0 fully saturated rings. The maximum atomic E-state index is 11.7. The molecular formula is C12H15NO3S. The van der Waals surface area contributed by atoms with E-state index in [9.17, 15) is 9.59 Å². The fourth-order valence-electron chi connectivity index (χ4n) is 1.30. The molecule has 1 aromatic rings. The first-order valence-corrected chi connectivity index (χ1v) is 6.46. The monoisotopic (exact) mass is 253 g/mol. The average molecular weight is 253 g/mol. The van der Waals surface area contributed by atoms with Gasteiger partial charge in [-0.1, -0.05) is 18.2 Å². The van der Waals surface area contributed by atoms with Crippen LogP contribution in [-0.4, -0.2) is 28.5 Å². The number of carboxylic acids is 1. The fraction of sp³-hybridized carbons (Fsp3) is 0.333. The Morgan fingerprint density at radius 3 is 2.65 bits per heavy atom. The Labute approximate surface area is 104 Å². The van der Waals surface area contributed by atoms with Crippen LogP contribution in [0.3, 0.4) is 0 Å². The molecule has 0 aliphatic heterocycles. The van der Waals surface area contributed by atoms with Gasteiger partial charge in [-0.25, -0.2) is 0 Å². The van der Waals surface area contributed by atoms with Crippen LogP contribution in [0.2, 0.25) is 0 Å². The van der Waals surface area contributed by atoms with Gasteiger partial charge in [0.25, 0.3) is 0 Å². The predicted molar refractivity (Wildman–Crippen MR) is 69.4 cm³/mol. The molecule has 0 aliphatic rings. The summed E-state index contributed by atoms with van der Waals surface area (Å²) in [5.41, 5.74) is 1.18. The standard InChI is InChI=1S/C12H15NO3S/c1-8(17-2)12(16)13-10-6-4-3-5-9(10)7-11(14)15/h3-6,8H,7H2,1-2H3,(H,13,16)(H,14,15). The molecule has 0 spiro atoms. The highest BCUT2D eigenvalue weighted by molar-refractivity contribution is 7.99. The number of aliphatic carboxylic acids is 1. The molecule has 1 rings (SSSR count). The Balaban J connectivity index is 2.83. The molecule has 1 unspecified atom stereocenters. The lowest BCUT2D eigenvalue weighted by Gasteiger charge is -2.12. The smallest absolute Gasteiger partial charge is 0.307 e. The van der Waals surface area contributed by atoms with Gasteiger partial charge in [0.2, 0.25) is 5.91 Å². The van der Waals surface area contributed by atoms with E-state index in [2.05, 4.69) is 5.32 Å². The SMILES string of the molecule is CSC(C)C(=O)Nc1ccccc1CC(=O)O. The molecule has 0 aromatic heterocycles. The molecule has 17 heavy (non-hydrogen) atoms. The number of rotatable bonds is 5. The molecule has 1 atom stereocenters. The average Bonchev–Trinajstić information content (AvgIpc) is 2.29. The van der Waals surface area contributed by atoms with Crippen molar-refractivity contribution in [2.24, 2.45) is 0 Å². The zero-order chi connectivity index (χ0) is 12.8. The number of carbonyl (C=O) groups excluding carboxylic acids is 1. The fourth-order valence-corrected chi connectivity index (χ4v) is 1.57. The van der Waals surface area contributed by atoms with Crippen molar-refractivity contribution in [3.63, 3.8) is 0 Å². The summed E-state index contributed by atoms with van der Waals surface area (Å²) in [7, 11) is 0. The van der Waals surface area contributed by atoms with Gasteiger partial charge in [0.15, 0.2) is 0 Å². The molecular weight excluding hydrogens is 238 g/mol. The Bertz CT molecular complexity index is 420. The van der Waals surface area contributed by atoms with Gasteiger partial charge in [0.05, 0.1) is 11.7 Å². The summed E-state index contributed by atoms with van der Waals surface area (Å²) < 4.78 is 0. The van der Waals surface area contributed by atoms with Crippen LogP contribution >= 0.6 is 11.8 Å². The normalized spacial score (nSPS) is 11.9. The maximum Gasteiger partial charge on any atom is 0.307 e. The Morgan fingerprint density at radius 1 is 1.41 bits per heavy atom. The molecule has 1 aromatic carbocycles. The number of hydrogen-bond acceptors (Lipinski definition) is 3. The lowest BCUT2D eigenvalue weighted by molar-refractivity contribution is -0.136. The van der Waals surface area contributed by atoms with Crippen LogP contribution in [0.25, 0.3) is 0 Å².